The number of nitrogens with zero attached hydrogens (tertiary/aromatic N) is 3. The zero-order valence-electron chi connectivity index (χ0n) is 10.9. The number of thiophene rings is 1. The van der Waals surface area contributed by atoms with Crippen molar-refractivity contribution >= 4 is 11.3 Å². The number of likely N-dealkylation sites (N-methyl/N-ethyl adjacent to an activating group) is 1. The molecule has 1 aromatic rings. The minimum absolute atomic E-state index is 0.774. The summed E-state index contributed by atoms with van der Waals surface area (Å²) >= 11 is 1.66. The Bertz CT molecular complexity index is 401. The Hall–Kier alpha value is -0.930. The highest BCUT2D eigenvalue weighted by molar-refractivity contribution is 7.10. The van der Waals surface area contributed by atoms with E-state index in [-0.39, 0.29) is 0 Å². The predicted molar refractivity (Wildman–Crippen MR) is 74.7 cm³/mol. The van der Waals surface area contributed by atoms with Gasteiger partial charge in [0.2, 0.25) is 0 Å². The van der Waals surface area contributed by atoms with Crippen molar-refractivity contribution in [3.05, 3.63) is 21.9 Å². The Morgan fingerprint density at radius 1 is 1.39 bits per heavy atom. The van der Waals surface area contributed by atoms with Crippen LogP contribution in [0.5, 0.6) is 0 Å². The molecule has 0 unspecified atom stereocenters. The van der Waals surface area contributed by atoms with Gasteiger partial charge in [0.15, 0.2) is 0 Å². The van der Waals surface area contributed by atoms with E-state index in [0.717, 1.165) is 25.2 Å². The smallest absolute Gasteiger partial charge is 0.100 e. The van der Waals surface area contributed by atoms with Crippen LogP contribution in [0.2, 0.25) is 0 Å². The molecule has 0 aliphatic carbocycles. The number of piperazine rings is 1. The maximum Gasteiger partial charge on any atom is 0.100 e. The van der Waals surface area contributed by atoms with Crippen LogP contribution < -0.4 is 5.32 Å². The Morgan fingerprint density at radius 2 is 2.17 bits per heavy atom. The van der Waals surface area contributed by atoms with E-state index in [1.807, 2.05) is 11.4 Å². The normalized spacial score (nSPS) is 17.8. The van der Waals surface area contributed by atoms with Crippen molar-refractivity contribution in [1.82, 2.24) is 15.1 Å². The molecule has 18 heavy (non-hydrogen) atoms. The van der Waals surface area contributed by atoms with Crippen LogP contribution in [0.25, 0.3) is 0 Å². The van der Waals surface area contributed by atoms with Crippen molar-refractivity contribution in [2.75, 3.05) is 46.3 Å². The van der Waals surface area contributed by atoms with Crippen molar-refractivity contribution < 1.29 is 0 Å². The van der Waals surface area contributed by atoms with Crippen molar-refractivity contribution in [3.8, 4) is 6.07 Å². The zero-order chi connectivity index (χ0) is 12.8. The highest BCUT2D eigenvalue weighted by atomic mass is 32.1. The van der Waals surface area contributed by atoms with Crippen LogP contribution in [-0.4, -0.2) is 56.1 Å². The van der Waals surface area contributed by atoms with E-state index in [2.05, 4.69) is 28.2 Å². The van der Waals surface area contributed by atoms with Gasteiger partial charge < -0.3 is 10.2 Å². The second-order valence-corrected chi connectivity index (χ2v) is 5.73. The average Bonchev–Trinajstić information content (AvgIpc) is 2.85. The first kappa shape index (κ1) is 13.5. The minimum Gasteiger partial charge on any atom is -0.311 e. The molecule has 0 aromatic carbocycles. The van der Waals surface area contributed by atoms with Crippen LogP contribution in [0.4, 0.5) is 0 Å². The molecule has 5 heteroatoms. The fourth-order valence-electron chi connectivity index (χ4n) is 2.05. The lowest BCUT2D eigenvalue weighted by Gasteiger charge is -2.32. The summed E-state index contributed by atoms with van der Waals surface area (Å²) in [5.74, 6) is 0. The summed E-state index contributed by atoms with van der Waals surface area (Å²) in [5, 5.41) is 14.1. The van der Waals surface area contributed by atoms with Gasteiger partial charge in [0.05, 0.1) is 5.56 Å². The largest absolute Gasteiger partial charge is 0.311 e. The Labute approximate surface area is 113 Å². The lowest BCUT2D eigenvalue weighted by molar-refractivity contribution is 0.154. The van der Waals surface area contributed by atoms with Crippen LogP contribution in [0.15, 0.2) is 11.4 Å². The van der Waals surface area contributed by atoms with Gasteiger partial charge in [0, 0.05) is 56.1 Å². The molecular weight excluding hydrogens is 244 g/mol. The van der Waals surface area contributed by atoms with Crippen LogP contribution in [0.3, 0.4) is 0 Å². The first-order valence-electron chi connectivity index (χ1n) is 6.37. The monoisotopic (exact) mass is 264 g/mol. The van der Waals surface area contributed by atoms with Crippen molar-refractivity contribution in [2.24, 2.45) is 0 Å². The van der Waals surface area contributed by atoms with Gasteiger partial charge in [-0.15, -0.1) is 11.3 Å². The molecule has 1 aliphatic rings. The average molecular weight is 264 g/mol. The topological polar surface area (TPSA) is 42.3 Å². The maximum absolute atomic E-state index is 8.74. The van der Waals surface area contributed by atoms with E-state index < -0.39 is 0 Å². The number of hydrogen-bond donors (Lipinski definition) is 1. The number of nitrogens with one attached hydrogen (secondary N) is 1. The second kappa shape index (κ2) is 6.86. The lowest BCUT2D eigenvalue weighted by atomic mass is 10.3. The molecule has 98 valence electrons. The highest BCUT2D eigenvalue weighted by Gasteiger charge is 2.12. The number of nitriles is 1. The molecule has 1 fully saturated rings. The summed E-state index contributed by atoms with van der Waals surface area (Å²) in [6.45, 7) is 7.71. The zero-order valence-corrected chi connectivity index (χ0v) is 11.7. The molecule has 0 amide bonds. The molecule has 0 spiro atoms. The lowest BCUT2D eigenvalue weighted by Crippen LogP contribution is -2.46. The van der Waals surface area contributed by atoms with Crippen molar-refractivity contribution in [1.29, 1.82) is 5.26 Å². The molecule has 1 aliphatic heterocycles. The standard InChI is InChI=1S/C13H20N4S/c1-16-4-6-17(7-5-16)3-2-15-10-13-8-12(9-14)11-18-13/h8,11,15H,2-7,10H2,1H3. The van der Waals surface area contributed by atoms with Gasteiger partial charge in [-0.1, -0.05) is 0 Å². The molecule has 2 rings (SSSR count). The molecule has 1 N–H and O–H groups in total. The number of hydrogen-bond acceptors (Lipinski definition) is 5. The van der Waals surface area contributed by atoms with Gasteiger partial charge in [-0.2, -0.15) is 5.26 Å². The third-order valence-electron chi connectivity index (χ3n) is 3.28. The summed E-state index contributed by atoms with van der Waals surface area (Å²) in [7, 11) is 2.18. The molecular formula is C13H20N4S. The summed E-state index contributed by atoms with van der Waals surface area (Å²) in [4.78, 5) is 6.12. The van der Waals surface area contributed by atoms with Crippen molar-refractivity contribution in [3.63, 3.8) is 0 Å². The maximum atomic E-state index is 8.74. The molecule has 0 bridgehead atoms. The molecule has 1 saturated heterocycles. The van der Waals surface area contributed by atoms with Gasteiger partial charge in [0.25, 0.3) is 0 Å². The second-order valence-electron chi connectivity index (χ2n) is 4.74. The van der Waals surface area contributed by atoms with Crippen LogP contribution in [0, 0.1) is 11.3 Å². The van der Waals surface area contributed by atoms with Crippen LogP contribution in [0.1, 0.15) is 10.4 Å². The predicted octanol–water partition coefficient (Wildman–Crippen LogP) is 0.957. The summed E-state index contributed by atoms with van der Waals surface area (Å²) in [6, 6.07) is 4.13. The van der Waals surface area contributed by atoms with E-state index in [9.17, 15) is 0 Å². The van der Waals surface area contributed by atoms with Crippen molar-refractivity contribution in [2.45, 2.75) is 6.54 Å². The quantitative estimate of drug-likeness (QED) is 0.804. The van der Waals surface area contributed by atoms with Gasteiger partial charge in [-0.25, -0.2) is 0 Å². The molecule has 4 nitrogen and oxygen atoms in total. The fraction of sp³-hybridized carbons (Fsp3) is 0.615. The molecule has 1 aromatic heterocycles. The fourth-order valence-corrected chi connectivity index (χ4v) is 2.83. The van der Waals surface area contributed by atoms with Gasteiger partial charge >= 0.3 is 0 Å². The van der Waals surface area contributed by atoms with Gasteiger partial charge in [0.1, 0.15) is 6.07 Å². The SMILES string of the molecule is CN1CCN(CCNCc2cc(C#N)cs2)CC1. The molecule has 2 heterocycles. The first-order chi connectivity index (χ1) is 8.78. The minimum atomic E-state index is 0.774. The summed E-state index contributed by atoms with van der Waals surface area (Å²) in [5.41, 5.74) is 0.774. The molecule has 0 atom stereocenters. The first-order valence-corrected chi connectivity index (χ1v) is 7.25. The van der Waals surface area contributed by atoms with Gasteiger partial charge in [-0.3, -0.25) is 4.90 Å². The van der Waals surface area contributed by atoms with E-state index in [4.69, 9.17) is 5.26 Å². The van der Waals surface area contributed by atoms with Crippen LogP contribution in [-0.2, 0) is 6.54 Å². The summed E-state index contributed by atoms with van der Waals surface area (Å²) < 4.78 is 0. The van der Waals surface area contributed by atoms with E-state index in [1.54, 1.807) is 11.3 Å². The van der Waals surface area contributed by atoms with Gasteiger partial charge in [-0.05, 0) is 13.1 Å². The summed E-state index contributed by atoms with van der Waals surface area (Å²) in [6.07, 6.45) is 0. The third kappa shape index (κ3) is 4.07. The Balaban J connectivity index is 1.60. The Morgan fingerprint density at radius 3 is 2.83 bits per heavy atom. The highest BCUT2D eigenvalue weighted by Crippen LogP contribution is 2.13. The van der Waals surface area contributed by atoms with Crippen LogP contribution >= 0.6 is 11.3 Å². The van der Waals surface area contributed by atoms with E-state index in [1.165, 1.54) is 31.1 Å². The third-order valence-corrected chi connectivity index (χ3v) is 4.22. The Kier molecular flexibility index (Phi) is 5.14. The molecule has 0 saturated carbocycles. The molecule has 0 radical (unpaired) electrons. The number of rotatable bonds is 5. The van der Waals surface area contributed by atoms with E-state index >= 15 is 0 Å². The van der Waals surface area contributed by atoms with E-state index in [0.29, 0.717) is 0 Å².